The molecule has 4 aromatic rings. The molecule has 3 N–H and O–H groups in total. The highest BCUT2D eigenvalue weighted by molar-refractivity contribution is 5.78. The van der Waals surface area contributed by atoms with Gasteiger partial charge in [-0.1, -0.05) is 69.5 Å². The van der Waals surface area contributed by atoms with Crippen molar-refractivity contribution in [2.45, 2.75) is 89.9 Å². The van der Waals surface area contributed by atoms with Crippen molar-refractivity contribution >= 4 is 11.6 Å². The Morgan fingerprint density at radius 1 is 1.05 bits per heavy atom. The van der Waals surface area contributed by atoms with Gasteiger partial charge in [0.05, 0.1) is 30.0 Å². The Morgan fingerprint density at radius 3 is 2.53 bits per heavy atom. The number of hydrogen-bond acceptors (Lipinski definition) is 7. The molecule has 43 heavy (non-hydrogen) atoms. The summed E-state index contributed by atoms with van der Waals surface area (Å²) in [7, 11) is 0. The maximum atomic E-state index is 13.5. The van der Waals surface area contributed by atoms with E-state index in [9.17, 15) is 15.0 Å². The first kappa shape index (κ1) is 30.8. The van der Waals surface area contributed by atoms with E-state index in [-0.39, 0.29) is 24.3 Å². The third kappa shape index (κ3) is 8.24. The van der Waals surface area contributed by atoms with E-state index in [2.05, 4.69) is 34.3 Å². The first-order chi connectivity index (χ1) is 20.9. The highest BCUT2D eigenvalue weighted by Crippen LogP contribution is 2.29. The van der Waals surface area contributed by atoms with E-state index in [0.29, 0.717) is 30.2 Å². The molecule has 0 bridgehead atoms. The van der Waals surface area contributed by atoms with Crippen LogP contribution in [-0.2, 0) is 24.1 Å². The molecule has 0 aliphatic heterocycles. The molecular weight excluding hydrogens is 540 g/mol. The lowest BCUT2D eigenvalue weighted by atomic mass is 9.81. The van der Waals surface area contributed by atoms with Gasteiger partial charge in [0.15, 0.2) is 5.65 Å². The summed E-state index contributed by atoms with van der Waals surface area (Å²) in [6.07, 6.45) is 10.3. The Labute approximate surface area is 253 Å². The summed E-state index contributed by atoms with van der Waals surface area (Å²) in [5.74, 6) is 0.926. The molecular formula is C34H43N6O3. The normalized spacial score (nSPS) is 16.3. The number of amides is 1. The van der Waals surface area contributed by atoms with Gasteiger partial charge in [-0.2, -0.15) is 0 Å². The number of nitrogens with one attached hydrogen (secondary N) is 1. The minimum absolute atomic E-state index is 0.0376. The molecule has 1 fully saturated rings. The zero-order valence-electron chi connectivity index (χ0n) is 25.1. The number of nitrogens with zero attached hydrogens (tertiary/aromatic N) is 5. The van der Waals surface area contributed by atoms with Crippen LogP contribution in [0.5, 0.6) is 0 Å². The van der Waals surface area contributed by atoms with Crippen LogP contribution in [0.1, 0.15) is 69.6 Å². The van der Waals surface area contributed by atoms with Crippen molar-refractivity contribution in [3.63, 3.8) is 0 Å². The fourth-order valence-corrected chi connectivity index (χ4v) is 5.94. The van der Waals surface area contributed by atoms with Crippen molar-refractivity contribution in [3.05, 3.63) is 84.6 Å². The zero-order valence-corrected chi connectivity index (χ0v) is 25.1. The van der Waals surface area contributed by atoms with Gasteiger partial charge in [0.2, 0.25) is 5.91 Å². The van der Waals surface area contributed by atoms with Crippen LogP contribution < -0.4 is 5.32 Å². The average molecular weight is 584 g/mol. The van der Waals surface area contributed by atoms with Gasteiger partial charge in [-0.3, -0.25) is 14.2 Å². The fraction of sp³-hybridized carbons (Fsp3) is 0.471. The molecule has 5 rings (SSSR count). The summed E-state index contributed by atoms with van der Waals surface area (Å²) in [4.78, 5) is 22.7. The van der Waals surface area contributed by atoms with Gasteiger partial charge >= 0.3 is 0 Å². The quantitative estimate of drug-likeness (QED) is 0.211. The first-order valence-corrected chi connectivity index (χ1v) is 15.6. The number of carbonyl (C=O) groups is 1. The second kappa shape index (κ2) is 14.7. The van der Waals surface area contributed by atoms with Crippen molar-refractivity contribution in [1.29, 1.82) is 0 Å². The largest absolute Gasteiger partial charge is 0.390 e. The lowest BCUT2D eigenvalue weighted by Gasteiger charge is -2.33. The SMILES string of the molecule is CC(C)Cc1nc(-c2ccccc2)cn2c(CC(=O)NC([CH][C@@H](O)[C@@H](O)CCc3ccccn3)C3CCCCC3)nnc12. The van der Waals surface area contributed by atoms with Crippen LogP contribution in [0.2, 0.25) is 0 Å². The smallest absolute Gasteiger partial charge is 0.227 e. The van der Waals surface area contributed by atoms with Gasteiger partial charge in [0, 0.05) is 36.1 Å². The summed E-state index contributed by atoms with van der Waals surface area (Å²) in [6, 6.07) is 15.3. The third-order valence-electron chi connectivity index (χ3n) is 8.23. The number of benzene rings is 1. The van der Waals surface area contributed by atoms with Crippen molar-refractivity contribution in [1.82, 2.24) is 29.9 Å². The van der Waals surface area contributed by atoms with Crippen molar-refractivity contribution in [2.75, 3.05) is 0 Å². The van der Waals surface area contributed by atoms with Crippen LogP contribution >= 0.6 is 0 Å². The Kier molecular flexibility index (Phi) is 10.5. The molecule has 1 aliphatic carbocycles. The summed E-state index contributed by atoms with van der Waals surface area (Å²) >= 11 is 0. The zero-order chi connectivity index (χ0) is 30.2. The maximum Gasteiger partial charge on any atom is 0.227 e. The summed E-state index contributed by atoms with van der Waals surface area (Å²) in [6.45, 7) is 4.29. The number of aliphatic hydroxyl groups is 2. The van der Waals surface area contributed by atoms with E-state index < -0.39 is 12.2 Å². The van der Waals surface area contributed by atoms with Crippen LogP contribution in [0.25, 0.3) is 16.9 Å². The standard InChI is InChI=1S/C34H43N6O3/c1-23(2)19-28-34-39-38-32(40(34)22-29(36-28)25-13-7-4-8-14-25)21-33(43)37-27(24-11-5-3-6-12-24)20-31(42)30(41)17-16-26-15-9-10-18-35-26/h4,7-10,13-15,18,20,22-24,27,30-31,41-42H,3,5-6,11-12,16-17,19,21H2,1-2H3,(H,37,43)/t27?,30-,31+/m0/s1. The number of pyridine rings is 1. The molecule has 1 radical (unpaired) electrons. The van der Waals surface area contributed by atoms with Gasteiger partial charge < -0.3 is 15.5 Å². The van der Waals surface area contributed by atoms with Crippen molar-refractivity contribution in [2.24, 2.45) is 11.8 Å². The molecule has 0 spiro atoms. The summed E-state index contributed by atoms with van der Waals surface area (Å²) < 4.78 is 1.89. The molecule has 3 aromatic heterocycles. The molecule has 1 aromatic carbocycles. The molecule has 0 saturated heterocycles. The molecule has 9 nitrogen and oxygen atoms in total. The van der Waals surface area contributed by atoms with Crippen LogP contribution in [0.3, 0.4) is 0 Å². The molecule has 1 amide bonds. The molecule has 1 saturated carbocycles. The number of rotatable bonds is 13. The van der Waals surface area contributed by atoms with E-state index in [4.69, 9.17) is 4.98 Å². The number of hydrogen-bond donors (Lipinski definition) is 3. The summed E-state index contributed by atoms with van der Waals surface area (Å²) in [5, 5.41) is 33.7. The fourth-order valence-electron chi connectivity index (χ4n) is 5.94. The van der Waals surface area contributed by atoms with Gasteiger partial charge in [-0.15, -0.1) is 10.2 Å². The van der Waals surface area contributed by atoms with Crippen LogP contribution in [0.15, 0.2) is 60.9 Å². The number of carbonyl (C=O) groups excluding carboxylic acids is 1. The number of aryl methyl sites for hydroxylation is 1. The van der Waals surface area contributed by atoms with Crippen LogP contribution in [-0.4, -0.2) is 58.9 Å². The Hall–Kier alpha value is -3.69. The van der Waals surface area contributed by atoms with E-state index in [1.165, 1.54) is 6.42 Å². The average Bonchev–Trinajstić information content (AvgIpc) is 3.43. The van der Waals surface area contributed by atoms with Gasteiger partial charge in [-0.25, -0.2) is 4.98 Å². The van der Waals surface area contributed by atoms with Gasteiger partial charge in [0.25, 0.3) is 0 Å². The van der Waals surface area contributed by atoms with Crippen molar-refractivity contribution < 1.29 is 15.0 Å². The topological polar surface area (TPSA) is 126 Å². The maximum absolute atomic E-state index is 13.5. The van der Waals surface area contributed by atoms with Gasteiger partial charge in [0.1, 0.15) is 5.82 Å². The molecule has 9 heteroatoms. The number of aliphatic hydroxyl groups excluding tert-OH is 2. The monoisotopic (exact) mass is 583 g/mol. The first-order valence-electron chi connectivity index (χ1n) is 15.6. The highest BCUT2D eigenvalue weighted by atomic mass is 16.3. The third-order valence-corrected chi connectivity index (χ3v) is 8.23. The molecule has 1 aliphatic rings. The second-order valence-corrected chi connectivity index (χ2v) is 12.1. The predicted octanol–water partition coefficient (Wildman–Crippen LogP) is 4.55. The second-order valence-electron chi connectivity index (χ2n) is 12.1. The number of fused-ring (bicyclic) bond motifs is 1. The minimum atomic E-state index is -1.07. The Bertz CT molecular complexity index is 1450. The lowest BCUT2D eigenvalue weighted by molar-refractivity contribution is -0.121. The predicted molar refractivity (Wildman–Crippen MR) is 166 cm³/mol. The van der Waals surface area contributed by atoms with Gasteiger partial charge in [-0.05, 0) is 56.1 Å². The lowest BCUT2D eigenvalue weighted by Crippen LogP contribution is -2.46. The highest BCUT2D eigenvalue weighted by Gasteiger charge is 2.30. The van der Waals surface area contributed by atoms with E-state index >= 15 is 0 Å². The van der Waals surface area contributed by atoms with E-state index in [0.717, 1.165) is 54.7 Å². The Morgan fingerprint density at radius 2 is 1.81 bits per heavy atom. The van der Waals surface area contributed by atoms with E-state index in [1.807, 2.05) is 59.1 Å². The van der Waals surface area contributed by atoms with Crippen LogP contribution in [0.4, 0.5) is 0 Å². The van der Waals surface area contributed by atoms with E-state index in [1.54, 1.807) is 12.6 Å². The number of aromatic nitrogens is 5. The van der Waals surface area contributed by atoms with Crippen molar-refractivity contribution in [3.8, 4) is 11.3 Å². The summed E-state index contributed by atoms with van der Waals surface area (Å²) in [5.41, 5.74) is 4.18. The van der Waals surface area contributed by atoms with Crippen LogP contribution in [0, 0.1) is 18.3 Å². The molecule has 227 valence electrons. The molecule has 1 unspecified atom stereocenters. The minimum Gasteiger partial charge on any atom is -0.390 e. The molecule has 3 atom stereocenters. The Balaban J connectivity index is 1.31. The molecule has 3 heterocycles.